The molecule has 3 aromatic rings. The van der Waals surface area contributed by atoms with Gasteiger partial charge in [0.25, 0.3) is 0 Å². The number of hydrogen-bond donors (Lipinski definition) is 1. The van der Waals surface area contributed by atoms with Crippen molar-refractivity contribution >= 4 is 5.97 Å². The second-order valence-electron chi connectivity index (χ2n) is 4.66. The van der Waals surface area contributed by atoms with Crippen LogP contribution in [0.2, 0.25) is 0 Å². The fourth-order valence-corrected chi connectivity index (χ4v) is 2.29. The second-order valence-corrected chi connectivity index (χ2v) is 4.66. The quantitative estimate of drug-likeness (QED) is 0.801. The van der Waals surface area contributed by atoms with Gasteiger partial charge in [0.15, 0.2) is 5.69 Å². The molecule has 0 saturated heterocycles. The molecule has 23 heavy (non-hydrogen) atoms. The van der Waals surface area contributed by atoms with Gasteiger partial charge in [-0.25, -0.2) is 13.9 Å². The van der Waals surface area contributed by atoms with Gasteiger partial charge in [0.2, 0.25) is 0 Å². The van der Waals surface area contributed by atoms with Crippen molar-refractivity contribution in [1.82, 2.24) is 15.0 Å². The van der Waals surface area contributed by atoms with E-state index in [9.17, 15) is 14.3 Å². The topological polar surface area (TPSA) is 77.2 Å². The van der Waals surface area contributed by atoms with Crippen LogP contribution in [0.3, 0.4) is 0 Å². The minimum Gasteiger partial charge on any atom is -0.494 e. The Morgan fingerprint density at radius 2 is 1.87 bits per heavy atom. The summed E-state index contributed by atoms with van der Waals surface area (Å²) in [5.41, 5.74) is 0.287. The third kappa shape index (κ3) is 2.52. The number of hydrogen-bond acceptors (Lipinski definition) is 4. The van der Waals surface area contributed by atoms with E-state index in [1.54, 1.807) is 30.3 Å². The normalized spacial score (nSPS) is 10.5. The first kappa shape index (κ1) is 14.7. The molecule has 0 spiro atoms. The van der Waals surface area contributed by atoms with Crippen molar-refractivity contribution in [1.29, 1.82) is 0 Å². The number of benzene rings is 2. The van der Waals surface area contributed by atoms with Gasteiger partial charge in [0.05, 0.1) is 7.11 Å². The van der Waals surface area contributed by atoms with Gasteiger partial charge in [0, 0.05) is 5.56 Å². The van der Waals surface area contributed by atoms with E-state index in [0.717, 1.165) is 0 Å². The first-order chi connectivity index (χ1) is 11.1. The van der Waals surface area contributed by atoms with E-state index in [2.05, 4.69) is 10.3 Å². The van der Waals surface area contributed by atoms with Gasteiger partial charge in [-0.1, -0.05) is 29.5 Å². The number of carboxylic acids is 1. The molecule has 0 aliphatic heterocycles. The summed E-state index contributed by atoms with van der Waals surface area (Å²) < 4.78 is 20.7. The van der Waals surface area contributed by atoms with Crippen LogP contribution in [0, 0.1) is 5.82 Å². The van der Waals surface area contributed by atoms with Gasteiger partial charge in [-0.3, -0.25) is 0 Å². The van der Waals surface area contributed by atoms with Crippen molar-refractivity contribution in [2.45, 2.75) is 0 Å². The van der Waals surface area contributed by atoms with Gasteiger partial charge in [-0.2, -0.15) is 0 Å². The molecule has 0 atom stereocenters. The molecule has 6 nitrogen and oxygen atoms in total. The summed E-state index contributed by atoms with van der Waals surface area (Å²) in [6, 6.07) is 12.8. The van der Waals surface area contributed by atoms with Crippen molar-refractivity contribution in [3.8, 4) is 22.7 Å². The molecule has 116 valence electrons. The Morgan fingerprint density at radius 1 is 1.17 bits per heavy atom. The van der Waals surface area contributed by atoms with E-state index in [-0.39, 0.29) is 17.0 Å². The highest BCUT2D eigenvalue weighted by Crippen LogP contribution is 2.31. The summed E-state index contributed by atoms with van der Waals surface area (Å²) in [4.78, 5) is 11.4. The average molecular weight is 313 g/mol. The van der Waals surface area contributed by atoms with Crippen LogP contribution < -0.4 is 4.74 Å². The van der Waals surface area contributed by atoms with Crippen LogP contribution in [0.25, 0.3) is 16.9 Å². The highest BCUT2D eigenvalue weighted by Gasteiger charge is 2.24. The molecule has 0 radical (unpaired) electrons. The van der Waals surface area contributed by atoms with E-state index in [1.807, 2.05) is 0 Å². The number of halogens is 1. The predicted molar refractivity (Wildman–Crippen MR) is 80.3 cm³/mol. The Balaban J connectivity index is 2.32. The van der Waals surface area contributed by atoms with E-state index in [4.69, 9.17) is 4.74 Å². The molecule has 0 amide bonds. The Labute approximate surface area is 130 Å². The van der Waals surface area contributed by atoms with Crippen molar-refractivity contribution in [2.24, 2.45) is 0 Å². The Hall–Kier alpha value is -3.22. The standard InChI is InChI=1S/C16H12FN3O3/c1-23-13-9-5-4-8-12(13)20-15(14(16(21)22)18-19-20)10-6-2-3-7-11(10)17/h2-9H,1H3,(H,21,22). The number of ether oxygens (including phenoxy) is 1. The van der Waals surface area contributed by atoms with Crippen molar-refractivity contribution in [3.05, 3.63) is 60.0 Å². The molecular weight excluding hydrogens is 301 g/mol. The van der Waals surface area contributed by atoms with Crippen LogP contribution in [-0.2, 0) is 0 Å². The second kappa shape index (κ2) is 5.88. The molecule has 0 fully saturated rings. The zero-order valence-electron chi connectivity index (χ0n) is 12.1. The molecule has 7 heteroatoms. The first-order valence-corrected chi connectivity index (χ1v) is 6.70. The maximum Gasteiger partial charge on any atom is 0.358 e. The van der Waals surface area contributed by atoms with Crippen LogP contribution in [0.1, 0.15) is 10.5 Å². The molecule has 1 N–H and O–H groups in total. The lowest BCUT2D eigenvalue weighted by Crippen LogP contribution is -2.05. The molecule has 0 unspecified atom stereocenters. The zero-order valence-corrected chi connectivity index (χ0v) is 12.1. The van der Waals surface area contributed by atoms with Crippen LogP contribution >= 0.6 is 0 Å². The molecule has 0 saturated carbocycles. The van der Waals surface area contributed by atoms with Crippen LogP contribution in [0.15, 0.2) is 48.5 Å². The van der Waals surface area contributed by atoms with E-state index < -0.39 is 11.8 Å². The van der Waals surface area contributed by atoms with Crippen molar-refractivity contribution in [3.63, 3.8) is 0 Å². The van der Waals surface area contributed by atoms with Crippen molar-refractivity contribution in [2.75, 3.05) is 7.11 Å². The monoisotopic (exact) mass is 313 g/mol. The first-order valence-electron chi connectivity index (χ1n) is 6.70. The molecule has 0 bridgehead atoms. The van der Waals surface area contributed by atoms with Crippen LogP contribution in [0.5, 0.6) is 5.75 Å². The molecule has 1 aromatic heterocycles. The maximum absolute atomic E-state index is 14.2. The molecule has 3 rings (SSSR count). The SMILES string of the molecule is COc1ccccc1-n1nnc(C(=O)O)c1-c1ccccc1F. The molecule has 0 aliphatic carbocycles. The van der Waals surface area contributed by atoms with Crippen LogP contribution in [-0.4, -0.2) is 33.2 Å². The number of carbonyl (C=O) groups is 1. The molecule has 2 aromatic carbocycles. The smallest absolute Gasteiger partial charge is 0.358 e. The number of nitrogens with zero attached hydrogens (tertiary/aromatic N) is 3. The van der Waals surface area contributed by atoms with Crippen LogP contribution in [0.4, 0.5) is 4.39 Å². The minimum absolute atomic E-state index is 0.0556. The number of para-hydroxylation sites is 2. The zero-order chi connectivity index (χ0) is 16.4. The van der Waals surface area contributed by atoms with Crippen molar-refractivity contribution < 1.29 is 19.0 Å². The summed E-state index contributed by atoms with van der Waals surface area (Å²) in [7, 11) is 1.48. The van der Waals surface area contributed by atoms with E-state index >= 15 is 0 Å². The number of methoxy groups -OCH3 is 1. The van der Waals surface area contributed by atoms with Gasteiger partial charge in [-0.15, -0.1) is 5.10 Å². The Bertz CT molecular complexity index is 877. The summed E-state index contributed by atoms with van der Waals surface area (Å²) >= 11 is 0. The minimum atomic E-state index is -1.29. The third-order valence-corrected chi connectivity index (χ3v) is 3.32. The number of aromatic carboxylic acids is 1. The summed E-state index contributed by atoms with van der Waals surface area (Å²) in [6.07, 6.45) is 0. The highest BCUT2D eigenvalue weighted by atomic mass is 19.1. The Morgan fingerprint density at radius 3 is 2.57 bits per heavy atom. The van der Waals surface area contributed by atoms with E-state index in [0.29, 0.717) is 11.4 Å². The fourth-order valence-electron chi connectivity index (χ4n) is 2.29. The fraction of sp³-hybridized carbons (Fsp3) is 0.0625. The molecule has 1 heterocycles. The lowest BCUT2D eigenvalue weighted by molar-refractivity contribution is 0.0691. The molecule has 0 aliphatic rings. The summed E-state index contributed by atoms with van der Waals surface area (Å²) in [5.74, 6) is -1.38. The average Bonchev–Trinajstić information content (AvgIpc) is 3.00. The third-order valence-electron chi connectivity index (χ3n) is 3.32. The van der Waals surface area contributed by atoms with E-state index in [1.165, 1.54) is 30.0 Å². The highest BCUT2D eigenvalue weighted by molar-refractivity contribution is 5.93. The molecular formula is C16H12FN3O3. The summed E-state index contributed by atoms with van der Waals surface area (Å²) in [5, 5.41) is 16.9. The number of carboxylic acid groups (broad SMARTS) is 1. The Kier molecular flexibility index (Phi) is 3.76. The van der Waals surface area contributed by atoms with Gasteiger partial charge < -0.3 is 9.84 Å². The largest absolute Gasteiger partial charge is 0.494 e. The predicted octanol–water partition coefficient (Wildman–Crippen LogP) is 2.78. The maximum atomic E-state index is 14.2. The van der Waals surface area contributed by atoms with Gasteiger partial charge >= 0.3 is 5.97 Å². The lowest BCUT2D eigenvalue weighted by Gasteiger charge is -2.11. The number of rotatable bonds is 4. The van der Waals surface area contributed by atoms with Gasteiger partial charge in [0.1, 0.15) is 22.9 Å². The summed E-state index contributed by atoms with van der Waals surface area (Å²) in [6.45, 7) is 0. The number of aromatic nitrogens is 3. The van der Waals surface area contributed by atoms with Gasteiger partial charge in [-0.05, 0) is 24.3 Å². The lowest BCUT2D eigenvalue weighted by atomic mass is 10.1.